The fourth-order valence-electron chi connectivity index (χ4n) is 1.71. The summed E-state index contributed by atoms with van der Waals surface area (Å²) in [5.41, 5.74) is 2.32. The Morgan fingerprint density at radius 3 is 3.17 bits per heavy atom. The Hall–Kier alpha value is -2.35. The number of hydrogen-bond acceptors (Lipinski definition) is 3. The summed E-state index contributed by atoms with van der Waals surface area (Å²) in [6, 6.07) is 7.44. The average Bonchev–Trinajstić information content (AvgIpc) is 2.85. The zero-order valence-corrected chi connectivity index (χ0v) is 9.94. The van der Waals surface area contributed by atoms with Crippen LogP contribution < -0.4 is 5.32 Å². The number of H-pyrrole nitrogens is 1. The summed E-state index contributed by atoms with van der Waals surface area (Å²) in [5, 5.41) is 11.2. The van der Waals surface area contributed by atoms with Crippen molar-refractivity contribution in [1.29, 1.82) is 5.26 Å². The molecule has 0 radical (unpaired) electrons. The normalized spacial score (nSPS) is 10.2. The first kappa shape index (κ1) is 12.1. The highest BCUT2D eigenvalue weighted by molar-refractivity contribution is 5.97. The Morgan fingerprint density at radius 2 is 2.33 bits per heavy atom. The Labute approximate surface area is 105 Å². The van der Waals surface area contributed by atoms with E-state index in [1.54, 1.807) is 18.5 Å². The monoisotopic (exact) mass is 242 g/mol. The van der Waals surface area contributed by atoms with Crippen molar-refractivity contribution in [3.05, 3.63) is 30.1 Å². The molecule has 1 heterocycles. The minimum absolute atomic E-state index is 0.0940. The molecule has 1 aromatic heterocycles. The predicted molar refractivity (Wildman–Crippen MR) is 67.9 cm³/mol. The van der Waals surface area contributed by atoms with Gasteiger partial charge in [0, 0.05) is 18.5 Å². The molecule has 0 saturated carbocycles. The highest BCUT2D eigenvalue weighted by Gasteiger charge is 2.06. The Kier molecular flexibility index (Phi) is 3.92. The third-order valence-corrected chi connectivity index (χ3v) is 2.68. The number of nitrogens with one attached hydrogen (secondary N) is 2. The molecule has 0 spiro atoms. The Balaban J connectivity index is 1.90. The summed E-state index contributed by atoms with van der Waals surface area (Å²) in [7, 11) is 0. The van der Waals surface area contributed by atoms with E-state index in [-0.39, 0.29) is 5.91 Å². The topological polar surface area (TPSA) is 81.6 Å². The van der Waals surface area contributed by atoms with Crippen LogP contribution in [-0.2, 0) is 0 Å². The minimum Gasteiger partial charge on any atom is -0.352 e. The van der Waals surface area contributed by atoms with E-state index in [1.807, 2.05) is 6.07 Å². The molecule has 0 atom stereocenters. The van der Waals surface area contributed by atoms with E-state index in [4.69, 9.17) is 5.26 Å². The van der Waals surface area contributed by atoms with Gasteiger partial charge in [-0.2, -0.15) is 5.26 Å². The molecule has 18 heavy (non-hydrogen) atoms. The molecule has 0 unspecified atom stereocenters. The molecule has 92 valence electrons. The fraction of sp³-hybridized carbons (Fsp3) is 0.308. The second-order valence-corrected chi connectivity index (χ2v) is 4.01. The van der Waals surface area contributed by atoms with Gasteiger partial charge in [-0.3, -0.25) is 4.79 Å². The van der Waals surface area contributed by atoms with Crippen LogP contribution in [0.3, 0.4) is 0 Å². The van der Waals surface area contributed by atoms with Crippen molar-refractivity contribution < 1.29 is 4.79 Å². The summed E-state index contributed by atoms with van der Waals surface area (Å²) in [5.74, 6) is -0.0940. The first-order valence-corrected chi connectivity index (χ1v) is 5.89. The SMILES string of the molecule is N#CCCCCNC(=O)c1ccc2nc[nH]c2c1. The van der Waals surface area contributed by atoms with Crippen molar-refractivity contribution in [3.63, 3.8) is 0 Å². The standard InChI is InChI=1S/C13H14N4O/c14-6-2-1-3-7-15-13(18)10-4-5-11-12(8-10)17-9-16-11/h4-5,8-9H,1-3,7H2,(H,15,18)(H,16,17). The highest BCUT2D eigenvalue weighted by atomic mass is 16.1. The second-order valence-electron chi connectivity index (χ2n) is 4.01. The molecule has 0 aliphatic carbocycles. The number of amides is 1. The average molecular weight is 242 g/mol. The lowest BCUT2D eigenvalue weighted by Crippen LogP contribution is -2.24. The van der Waals surface area contributed by atoms with Crippen LogP contribution in [0.4, 0.5) is 0 Å². The van der Waals surface area contributed by atoms with Crippen LogP contribution in [0.1, 0.15) is 29.6 Å². The van der Waals surface area contributed by atoms with Crippen LogP contribution in [0.5, 0.6) is 0 Å². The van der Waals surface area contributed by atoms with Crippen LogP contribution >= 0.6 is 0 Å². The van der Waals surface area contributed by atoms with Gasteiger partial charge in [0.1, 0.15) is 0 Å². The van der Waals surface area contributed by atoms with Gasteiger partial charge in [0.05, 0.1) is 23.4 Å². The first-order chi connectivity index (χ1) is 8.81. The van der Waals surface area contributed by atoms with Gasteiger partial charge in [0.2, 0.25) is 0 Å². The number of fused-ring (bicyclic) bond motifs is 1. The number of carbonyl (C=O) groups excluding carboxylic acids is 1. The summed E-state index contributed by atoms with van der Waals surface area (Å²) < 4.78 is 0. The number of nitrogens with zero attached hydrogens (tertiary/aromatic N) is 2. The van der Waals surface area contributed by atoms with Crippen molar-refractivity contribution in [1.82, 2.24) is 15.3 Å². The number of aromatic amines is 1. The van der Waals surface area contributed by atoms with Gasteiger partial charge in [-0.15, -0.1) is 0 Å². The van der Waals surface area contributed by atoms with Crippen molar-refractivity contribution in [2.45, 2.75) is 19.3 Å². The van der Waals surface area contributed by atoms with Crippen LogP contribution in [-0.4, -0.2) is 22.4 Å². The molecular weight excluding hydrogens is 228 g/mol. The molecule has 1 amide bonds. The zero-order chi connectivity index (χ0) is 12.8. The van der Waals surface area contributed by atoms with E-state index in [2.05, 4.69) is 21.4 Å². The van der Waals surface area contributed by atoms with E-state index >= 15 is 0 Å². The second kappa shape index (κ2) is 5.82. The number of aromatic nitrogens is 2. The molecule has 2 N–H and O–H groups in total. The number of unbranched alkanes of at least 4 members (excludes halogenated alkanes) is 2. The molecule has 0 aliphatic heterocycles. The lowest BCUT2D eigenvalue weighted by Gasteiger charge is -2.04. The molecule has 5 nitrogen and oxygen atoms in total. The molecule has 2 rings (SSSR count). The van der Waals surface area contributed by atoms with Gasteiger partial charge in [-0.1, -0.05) is 0 Å². The van der Waals surface area contributed by atoms with E-state index in [9.17, 15) is 4.79 Å². The molecule has 0 bridgehead atoms. The molecular formula is C13H14N4O. The van der Waals surface area contributed by atoms with Gasteiger partial charge in [-0.25, -0.2) is 4.98 Å². The number of carbonyl (C=O) groups is 1. The maximum atomic E-state index is 11.8. The lowest BCUT2D eigenvalue weighted by molar-refractivity contribution is 0.0953. The van der Waals surface area contributed by atoms with E-state index in [0.717, 1.165) is 23.9 Å². The molecule has 5 heteroatoms. The number of nitriles is 1. The van der Waals surface area contributed by atoms with Gasteiger partial charge < -0.3 is 10.3 Å². The van der Waals surface area contributed by atoms with Gasteiger partial charge in [0.25, 0.3) is 5.91 Å². The van der Waals surface area contributed by atoms with Gasteiger partial charge in [0.15, 0.2) is 0 Å². The maximum Gasteiger partial charge on any atom is 0.251 e. The van der Waals surface area contributed by atoms with Crippen LogP contribution in [0.25, 0.3) is 11.0 Å². The Bertz CT molecular complexity index is 582. The molecule has 2 aromatic rings. The molecule has 0 saturated heterocycles. The van der Waals surface area contributed by atoms with Crippen molar-refractivity contribution in [2.24, 2.45) is 0 Å². The van der Waals surface area contributed by atoms with E-state index in [0.29, 0.717) is 18.5 Å². The first-order valence-electron chi connectivity index (χ1n) is 5.89. The summed E-state index contributed by atoms with van der Waals surface area (Å²) in [4.78, 5) is 18.9. The molecule has 0 aliphatic rings. The minimum atomic E-state index is -0.0940. The fourth-order valence-corrected chi connectivity index (χ4v) is 1.71. The predicted octanol–water partition coefficient (Wildman–Crippen LogP) is 1.99. The number of imidazole rings is 1. The van der Waals surface area contributed by atoms with Gasteiger partial charge >= 0.3 is 0 Å². The summed E-state index contributed by atoms with van der Waals surface area (Å²) >= 11 is 0. The van der Waals surface area contributed by atoms with Gasteiger partial charge in [-0.05, 0) is 31.0 Å². The largest absolute Gasteiger partial charge is 0.352 e. The zero-order valence-electron chi connectivity index (χ0n) is 9.94. The van der Waals surface area contributed by atoms with E-state index < -0.39 is 0 Å². The summed E-state index contributed by atoms with van der Waals surface area (Å²) in [6.45, 7) is 0.599. The summed E-state index contributed by atoms with van der Waals surface area (Å²) in [6.07, 6.45) is 3.78. The van der Waals surface area contributed by atoms with Crippen LogP contribution in [0.15, 0.2) is 24.5 Å². The van der Waals surface area contributed by atoms with Crippen molar-refractivity contribution >= 4 is 16.9 Å². The Morgan fingerprint density at radius 1 is 1.44 bits per heavy atom. The third-order valence-electron chi connectivity index (χ3n) is 2.68. The number of hydrogen-bond donors (Lipinski definition) is 2. The van der Waals surface area contributed by atoms with Crippen LogP contribution in [0, 0.1) is 11.3 Å². The number of benzene rings is 1. The quantitative estimate of drug-likeness (QED) is 0.786. The smallest absolute Gasteiger partial charge is 0.251 e. The van der Waals surface area contributed by atoms with E-state index in [1.165, 1.54) is 0 Å². The molecule has 1 aromatic carbocycles. The van der Waals surface area contributed by atoms with Crippen LogP contribution in [0.2, 0.25) is 0 Å². The number of rotatable bonds is 5. The highest BCUT2D eigenvalue weighted by Crippen LogP contribution is 2.11. The molecule has 0 fully saturated rings. The maximum absolute atomic E-state index is 11.8. The lowest BCUT2D eigenvalue weighted by atomic mass is 10.2. The third kappa shape index (κ3) is 2.86. The van der Waals surface area contributed by atoms with Crippen molar-refractivity contribution in [3.8, 4) is 6.07 Å². The van der Waals surface area contributed by atoms with Crippen molar-refractivity contribution in [2.75, 3.05) is 6.54 Å².